The second-order valence-electron chi connectivity index (χ2n) is 14.6. The van der Waals surface area contributed by atoms with Gasteiger partial charge in [0.2, 0.25) is 41.4 Å². The van der Waals surface area contributed by atoms with Crippen LogP contribution >= 0.6 is 0 Å². The lowest BCUT2D eigenvalue weighted by molar-refractivity contribution is -0.143. The van der Waals surface area contributed by atoms with Gasteiger partial charge in [-0.1, -0.05) is 26.0 Å². The molecule has 15 N–H and O–H groups in total. The number of carbonyl (C=O) groups is 8. The van der Waals surface area contributed by atoms with E-state index in [0.717, 1.165) is 0 Å². The number of unbranched alkanes of at least 4 members (excludes halogenated alkanes) is 1. The largest absolute Gasteiger partial charge is 0.508 e. The van der Waals surface area contributed by atoms with Crippen LogP contribution in [0.5, 0.6) is 5.75 Å². The van der Waals surface area contributed by atoms with E-state index in [4.69, 9.17) is 17.2 Å². The van der Waals surface area contributed by atoms with Crippen molar-refractivity contribution < 1.29 is 58.8 Å². The number of benzene rings is 1. The molecule has 1 aromatic carbocycles. The molecule has 8 unspecified atom stereocenters. The average Bonchev–Trinajstić information content (AvgIpc) is 3.67. The lowest BCUT2D eigenvalue weighted by Crippen LogP contribution is -2.62. The van der Waals surface area contributed by atoms with Crippen molar-refractivity contribution in [2.75, 3.05) is 19.7 Å². The van der Waals surface area contributed by atoms with E-state index in [9.17, 15) is 58.8 Å². The average molecular weight is 822 g/mol. The number of nitrogens with one attached hydrogen (secondary N) is 5. The molecular weight excluding hydrogens is 762 g/mol. The molecule has 58 heavy (non-hydrogen) atoms. The number of phenols is 1. The Morgan fingerprint density at radius 1 is 0.810 bits per heavy atom. The number of carboxylic acid groups (broad SMARTS) is 1. The van der Waals surface area contributed by atoms with Gasteiger partial charge in [-0.25, -0.2) is 4.79 Å². The third-order valence-electron chi connectivity index (χ3n) is 9.55. The van der Waals surface area contributed by atoms with Gasteiger partial charge in [-0.05, 0) is 75.6 Å². The number of carboxylic acids is 1. The normalized spacial score (nSPS) is 17.4. The van der Waals surface area contributed by atoms with Crippen LogP contribution in [0.1, 0.15) is 71.3 Å². The summed E-state index contributed by atoms with van der Waals surface area (Å²) in [7, 11) is 0. The van der Waals surface area contributed by atoms with Crippen molar-refractivity contribution in [2.45, 2.75) is 121 Å². The molecule has 1 fully saturated rings. The second-order valence-corrected chi connectivity index (χ2v) is 14.6. The predicted octanol–water partition coefficient (Wildman–Crippen LogP) is -3.81. The van der Waals surface area contributed by atoms with E-state index in [1.165, 1.54) is 36.1 Å². The molecular formula is C37H59N9O12. The summed E-state index contributed by atoms with van der Waals surface area (Å²) in [5, 5.41) is 51.6. The summed E-state index contributed by atoms with van der Waals surface area (Å²) in [6.07, 6.45) is -0.757. The molecule has 1 aliphatic rings. The first kappa shape index (κ1) is 48.8. The highest BCUT2D eigenvalue weighted by Gasteiger charge is 2.40. The standard InChI is InChI=1S/C37H59N9O12/c1-19(2)29(34(54)43-26(37(57)58)17-21-9-11-22(49)12-10-21)44-35(55)30(20(3)48)45-32(52)24(7-4-5-15-38)41-33(53)27-8-6-16-46(27)36(56)25(13-14-28(40)50)42-31(51)23(39)18-47/h9-12,19-20,23-27,29-30,47-49H,4-8,13-18,38-39H2,1-3H3,(H2,40,50)(H,41,53)(H,42,51)(H,43,54)(H,44,55)(H,45,52)(H,57,58). The summed E-state index contributed by atoms with van der Waals surface area (Å²) in [5.74, 6) is -7.74. The highest BCUT2D eigenvalue weighted by molar-refractivity contribution is 5.97. The van der Waals surface area contributed by atoms with Crippen molar-refractivity contribution in [3.8, 4) is 5.75 Å². The molecule has 8 atom stereocenters. The molecule has 0 radical (unpaired) electrons. The number of rotatable bonds is 24. The minimum absolute atomic E-state index is 0.0307. The maximum atomic E-state index is 13.7. The molecule has 0 aromatic heterocycles. The summed E-state index contributed by atoms with van der Waals surface area (Å²) in [5.41, 5.74) is 17.0. The van der Waals surface area contributed by atoms with Gasteiger partial charge < -0.3 is 69.1 Å². The summed E-state index contributed by atoms with van der Waals surface area (Å²) >= 11 is 0. The highest BCUT2D eigenvalue weighted by Crippen LogP contribution is 2.21. The van der Waals surface area contributed by atoms with Crippen LogP contribution < -0.4 is 43.8 Å². The lowest BCUT2D eigenvalue weighted by Gasteiger charge is -2.31. The van der Waals surface area contributed by atoms with Gasteiger partial charge in [-0.3, -0.25) is 33.6 Å². The molecule has 0 aliphatic carbocycles. The van der Waals surface area contributed by atoms with Crippen molar-refractivity contribution in [3.63, 3.8) is 0 Å². The molecule has 1 aliphatic heterocycles. The van der Waals surface area contributed by atoms with Gasteiger partial charge in [0.15, 0.2) is 0 Å². The number of carbonyl (C=O) groups excluding carboxylic acids is 7. The van der Waals surface area contributed by atoms with Crippen molar-refractivity contribution in [1.82, 2.24) is 31.5 Å². The van der Waals surface area contributed by atoms with Crippen molar-refractivity contribution in [2.24, 2.45) is 23.1 Å². The Bertz CT molecular complexity index is 1590. The number of hydrogen-bond donors (Lipinski definition) is 12. The van der Waals surface area contributed by atoms with Crippen LogP contribution in [-0.4, -0.2) is 141 Å². The minimum atomic E-state index is -1.65. The molecule has 324 valence electrons. The van der Waals surface area contributed by atoms with Crippen LogP contribution in [0.4, 0.5) is 0 Å². The van der Waals surface area contributed by atoms with Crippen LogP contribution in [0.15, 0.2) is 24.3 Å². The SMILES string of the molecule is CC(C)C(NC(=O)C(NC(=O)C(CCCCN)NC(=O)C1CCCN1C(=O)C(CCC(N)=O)NC(=O)C(N)CO)C(C)O)C(=O)NC(Cc1ccc(O)cc1)C(=O)O. The number of aliphatic hydroxyl groups is 2. The molecule has 7 amide bonds. The molecule has 2 rings (SSSR count). The van der Waals surface area contributed by atoms with E-state index in [1.54, 1.807) is 13.8 Å². The molecule has 1 saturated heterocycles. The third-order valence-corrected chi connectivity index (χ3v) is 9.55. The summed E-state index contributed by atoms with van der Waals surface area (Å²) < 4.78 is 0. The number of hydrogen-bond acceptors (Lipinski definition) is 13. The zero-order valence-corrected chi connectivity index (χ0v) is 33.0. The van der Waals surface area contributed by atoms with Gasteiger partial charge in [0, 0.05) is 19.4 Å². The van der Waals surface area contributed by atoms with E-state index >= 15 is 0 Å². The molecule has 0 spiro atoms. The number of aromatic hydroxyl groups is 1. The lowest BCUT2D eigenvalue weighted by atomic mass is 10.00. The molecule has 0 saturated carbocycles. The predicted molar refractivity (Wildman–Crippen MR) is 207 cm³/mol. The fraction of sp³-hybridized carbons (Fsp3) is 0.622. The molecule has 21 nitrogen and oxygen atoms in total. The van der Waals surface area contributed by atoms with E-state index in [2.05, 4.69) is 26.6 Å². The maximum Gasteiger partial charge on any atom is 0.326 e. The number of nitrogens with zero attached hydrogens (tertiary/aromatic N) is 1. The Morgan fingerprint density at radius 2 is 1.41 bits per heavy atom. The first-order valence-corrected chi connectivity index (χ1v) is 19.2. The maximum absolute atomic E-state index is 13.7. The smallest absolute Gasteiger partial charge is 0.326 e. The summed E-state index contributed by atoms with van der Waals surface area (Å²) in [6, 6.07) is -3.72. The Labute approximate surface area is 336 Å². The summed E-state index contributed by atoms with van der Waals surface area (Å²) in [6.45, 7) is 4.04. The van der Waals surface area contributed by atoms with Crippen LogP contribution in [0.25, 0.3) is 0 Å². The highest BCUT2D eigenvalue weighted by atomic mass is 16.4. The Balaban J connectivity index is 2.24. The van der Waals surface area contributed by atoms with Gasteiger partial charge in [0.1, 0.15) is 48.0 Å². The van der Waals surface area contributed by atoms with Crippen LogP contribution in [0.3, 0.4) is 0 Å². The second kappa shape index (κ2) is 23.8. The third kappa shape index (κ3) is 15.2. The Kier molecular flexibility index (Phi) is 20.0. The van der Waals surface area contributed by atoms with Gasteiger partial charge in [0.05, 0.1) is 12.7 Å². The number of nitrogens with two attached hydrogens (primary N) is 3. The minimum Gasteiger partial charge on any atom is -0.508 e. The fourth-order valence-electron chi connectivity index (χ4n) is 6.20. The first-order chi connectivity index (χ1) is 27.3. The van der Waals surface area contributed by atoms with Crippen molar-refractivity contribution in [3.05, 3.63) is 29.8 Å². The molecule has 0 bridgehead atoms. The Morgan fingerprint density at radius 3 is 1.97 bits per heavy atom. The first-order valence-electron chi connectivity index (χ1n) is 19.2. The molecule has 21 heteroatoms. The molecule has 1 heterocycles. The zero-order chi connectivity index (χ0) is 43.7. The zero-order valence-electron chi connectivity index (χ0n) is 33.0. The van der Waals surface area contributed by atoms with E-state index in [0.29, 0.717) is 24.8 Å². The van der Waals surface area contributed by atoms with Crippen LogP contribution in [0.2, 0.25) is 0 Å². The monoisotopic (exact) mass is 821 g/mol. The number of phenolic OH excluding ortho intramolecular Hbond substituents is 1. The van der Waals surface area contributed by atoms with E-state index in [1.807, 2.05) is 0 Å². The number of aliphatic hydroxyl groups excluding tert-OH is 2. The summed E-state index contributed by atoms with van der Waals surface area (Å²) in [4.78, 5) is 105. The quantitative estimate of drug-likeness (QED) is 0.0445. The van der Waals surface area contributed by atoms with Crippen molar-refractivity contribution in [1.29, 1.82) is 0 Å². The number of primary amides is 1. The van der Waals surface area contributed by atoms with E-state index < -0.39 is 108 Å². The fourth-order valence-corrected chi connectivity index (χ4v) is 6.20. The van der Waals surface area contributed by atoms with Crippen molar-refractivity contribution >= 4 is 47.3 Å². The van der Waals surface area contributed by atoms with Gasteiger partial charge >= 0.3 is 5.97 Å². The van der Waals surface area contributed by atoms with Gasteiger partial charge in [0.25, 0.3) is 0 Å². The number of likely N-dealkylation sites (tertiary alicyclic amines) is 1. The van der Waals surface area contributed by atoms with E-state index in [-0.39, 0.29) is 50.9 Å². The van der Waals surface area contributed by atoms with Gasteiger partial charge in [-0.15, -0.1) is 0 Å². The number of amides is 7. The molecule has 1 aromatic rings. The van der Waals surface area contributed by atoms with Gasteiger partial charge in [-0.2, -0.15) is 0 Å². The van der Waals surface area contributed by atoms with Crippen LogP contribution in [-0.2, 0) is 44.8 Å². The Hall–Kier alpha value is -5.38. The topological polar surface area (TPSA) is 359 Å². The van der Waals surface area contributed by atoms with Crippen LogP contribution in [0, 0.1) is 5.92 Å². The number of aliphatic carboxylic acids is 1.